The molecule has 1 fully saturated rings. The van der Waals surface area contributed by atoms with Gasteiger partial charge in [0.1, 0.15) is 22.5 Å². The van der Waals surface area contributed by atoms with E-state index in [9.17, 15) is 24.4 Å². The van der Waals surface area contributed by atoms with Crippen LogP contribution in [0.5, 0.6) is 5.75 Å². The number of para-hydroxylation sites is 1. The lowest BCUT2D eigenvalue weighted by Crippen LogP contribution is -2.42. The van der Waals surface area contributed by atoms with Crippen molar-refractivity contribution in [1.82, 2.24) is 15.5 Å². The van der Waals surface area contributed by atoms with Crippen LogP contribution in [-0.2, 0) is 14.3 Å². The fourth-order valence-electron chi connectivity index (χ4n) is 5.16. The first-order valence-corrected chi connectivity index (χ1v) is 14.7. The van der Waals surface area contributed by atoms with Crippen LogP contribution in [0.2, 0.25) is 6.32 Å². The molecule has 1 atom stereocenters. The third-order valence-corrected chi connectivity index (χ3v) is 7.07. The number of carbonyl (C=O) groups excluding carboxylic acids is 3. The number of benzene rings is 1. The van der Waals surface area contributed by atoms with Gasteiger partial charge in [-0.2, -0.15) is 0 Å². The Labute approximate surface area is 250 Å². The molecule has 0 spiro atoms. The second-order valence-corrected chi connectivity index (χ2v) is 13.1. The Morgan fingerprint density at radius 3 is 2.19 bits per heavy atom. The van der Waals surface area contributed by atoms with E-state index in [1.54, 1.807) is 39.0 Å². The molecular formula is C30H50BN3O8. The molecule has 0 aromatic heterocycles. The molecule has 0 radical (unpaired) electrons. The molecule has 42 heavy (non-hydrogen) atoms. The molecule has 2 rings (SSSR count). The zero-order valence-electron chi connectivity index (χ0n) is 26.5. The lowest BCUT2D eigenvalue weighted by molar-refractivity contribution is -0.123. The first-order chi connectivity index (χ1) is 19.5. The molecule has 0 bridgehead atoms. The Morgan fingerprint density at radius 2 is 1.64 bits per heavy atom. The molecule has 12 heteroatoms. The van der Waals surface area contributed by atoms with Gasteiger partial charge in [-0.05, 0) is 86.3 Å². The minimum atomic E-state index is -1.68. The fraction of sp³-hybridized carbons (Fsp3) is 0.700. The summed E-state index contributed by atoms with van der Waals surface area (Å²) in [6, 6.07) is 4.50. The van der Waals surface area contributed by atoms with Gasteiger partial charge in [0.25, 0.3) is 0 Å². The van der Waals surface area contributed by atoms with Crippen molar-refractivity contribution in [1.29, 1.82) is 0 Å². The molecular weight excluding hydrogens is 541 g/mol. The number of methoxy groups -OCH3 is 1. The molecule has 1 saturated carbocycles. The van der Waals surface area contributed by atoms with Crippen LogP contribution < -0.4 is 15.4 Å². The average molecular weight is 592 g/mol. The zero-order valence-corrected chi connectivity index (χ0v) is 26.5. The van der Waals surface area contributed by atoms with Gasteiger partial charge in [0.2, 0.25) is 5.91 Å². The smallest absolute Gasteiger partial charge is 0.453 e. The van der Waals surface area contributed by atoms with E-state index in [0.717, 1.165) is 25.7 Å². The van der Waals surface area contributed by atoms with E-state index in [1.165, 1.54) is 7.11 Å². The predicted molar refractivity (Wildman–Crippen MR) is 161 cm³/mol. The molecule has 236 valence electrons. The summed E-state index contributed by atoms with van der Waals surface area (Å²) < 4.78 is 16.3. The van der Waals surface area contributed by atoms with Crippen LogP contribution in [-0.4, -0.2) is 84.5 Å². The third-order valence-electron chi connectivity index (χ3n) is 7.07. The minimum Gasteiger partial charge on any atom is -0.495 e. The molecule has 2 amide bonds. The van der Waals surface area contributed by atoms with Crippen molar-refractivity contribution in [2.24, 2.45) is 5.92 Å². The maximum Gasteiger partial charge on any atom is 0.453 e. The number of ether oxygens (including phenoxy) is 3. The minimum absolute atomic E-state index is 0.172. The number of amides is 2. The van der Waals surface area contributed by atoms with E-state index < -0.39 is 36.4 Å². The highest BCUT2D eigenvalue weighted by atomic mass is 16.6. The van der Waals surface area contributed by atoms with Gasteiger partial charge >= 0.3 is 19.2 Å². The first kappa shape index (κ1) is 35.4. The van der Waals surface area contributed by atoms with Gasteiger partial charge in [0.05, 0.1) is 13.2 Å². The summed E-state index contributed by atoms with van der Waals surface area (Å²) in [5, 5.41) is 25.3. The molecule has 1 unspecified atom stereocenters. The monoisotopic (exact) mass is 591 g/mol. The van der Waals surface area contributed by atoms with Gasteiger partial charge in [-0.1, -0.05) is 12.1 Å². The molecule has 4 N–H and O–H groups in total. The summed E-state index contributed by atoms with van der Waals surface area (Å²) >= 11 is 0. The fourth-order valence-corrected chi connectivity index (χ4v) is 5.16. The maximum absolute atomic E-state index is 13.1. The van der Waals surface area contributed by atoms with E-state index in [2.05, 4.69) is 15.5 Å². The van der Waals surface area contributed by atoms with Crippen molar-refractivity contribution < 1.29 is 38.6 Å². The van der Waals surface area contributed by atoms with Crippen LogP contribution in [0, 0.1) is 5.92 Å². The maximum atomic E-state index is 13.1. The van der Waals surface area contributed by atoms with Crippen LogP contribution in [0.1, 0.15) is 95.6 Å². The summed E-state index contributed by atoms with van der Waals surface area (Å²) in [5.74, 6) is -0.353. The highest BCUT2D eigenvalue weighted by molar-refractivity contribution is 6.41. The van der Waals surface area contributed by atoms with E-state index in [0.29, 0.717) is 31.1 Å². The molecule has 1 aliphatic carbocycles. The Morgan fingerprint density at radius 1 is 1.02 bits per heavy atom. The Kier molecular flexibility index (Phi) is 13.1. The van der Waals surface area contributed by atoms with Crippen molar-refractivity contribution in [3.8, 4) is 5.75 Å². The number of rotatable bonds is 12. The van der Waals surface area contributed by atoms with Gasteiger partial charge in [0.15, 0.2) is 0 Å². The summed E-state index contributed by atoms with van der Waals surface area (Å²) in [7, 11) is 1.78. The molecule has 1 aliphatic rings. The number of alkyl carbamates (subject to hydrolysis) is 1. The number of esters is 1. The highest BCUT2D eigenvalue weighted by Gasteiger charge is 2.30. The highest BCUT2D eigenvalue weighted by Crippen LogP contribution is 2.34. The molecule has 1 aromatic rings. The topological polar surface area (TPSA) is 147 Å². The standard InChI is InChI=1S/C30H50BN3O8/c1-29(2,3)41-27(36)23-11-9-10-22(26(23)40-8)24(19-31(38)39)33-25(35)18-20-12-14-21(15-13-20)34(7)17-16-32-28(37)42-30(4,5)6/h9-11,20-21,24,38-39H,12-19H2,1-8H3,(H,32,37)(H,33,35). The zero-order chi connectivity index (χ0) is 31.7. The number of nitrogens with one attached hydrogen (secondary N) is 2. The second-order valence-electron chi connectivity index (χ2n) is 13.1. The molecule has 0 saturated heterocycles. The Hall–Kier alpha value is -2.83. The number of hydrogen-bond donors (Lipinski definition) is 4. The number of nitrogens with zero attached hydrogens (tertiary/aromatic N) is 1. The molecule has 11 nitrogen and oxygen atoms in total. The summed E-state index contributed by atoms with van der Waals surface area (Å²) in [6.07, 6.45) is 3.35. The van der Waals surface area contributed by atoms with E-state index in [4.69, 9.17) is 14.2 Å². The van der Waals surface area contributed by atoms with Crippen LogP contribution in [0.4, 0.5) is 4.79 Å². The Balaban J connectivity index is 1.96. The first-order valence-electron chi connectivity index (χ1n) is 14.7. The van der Waals surface area contributed by atoms with Crippen LogP contribution in [0.25, 0.3) is 0 Å². The molecule has 0 aliphatic heterocycles. The molecule has 1 aromatic carbocycles. The van der Waals surface area contributed by atoms with E-state index in [1.807, 2.05) is 27.8 Å². The van der Waals surface area contributed by atoms with Crippen molar-refractivity contribution >= 4 is 25.1 Å². The predicted octanol–water partition coefficient (Wildman–Crippen LogP) is 3.69. The molecule has 0 heterocycles. The summed E-state index contributed by atoms with van der Waals surface area (Å²) in [4.78, 5) is 40.1. The lowest BCUT2D eigenvalue weighted by atomic mass is 9.78. The summed E-state index contributed by atoms with van der Waals surface area (Å²) in [5.41, 5.74) is -0.583. The number of carbonyl (C=O) groups is 3. The SMILES string of the molecule is COc1c(C(=O)OC(C)(C)C)cccc1C(CB(O)O)NC(=O)CC1CCC(N(C)CCNC(=O)OC(C)(C)C)CC1. The van der Waals surface area contributed by atoms with E-state index >= 15 is 0 Å². The lowest BCUT2D eigenvalue weighted by Gasteiger charge is -2.34. The number of hydrogen-bond acceptors (Lipinski definition) is 9. The van der Waals surface area contributed by atoms with Crippen molar-refractivity contribution in [2.45, 2.75) is 103 Å². The van der Waals surface area contributed by atoms with Crippen molar-refractivity contribution in [2.75, 3.05) is 27.2 Å². The van der Waals surface area contributed by atoms with Crippen LogP contribution >= 0.6 is 0 Å². The summed E-state index contributed by atoms with van der Waals surface area (Å²) in [6.45, 7) is 12.0. The van der Waals surface area contributed by atoms with Crippen LogP contribution in [0.15, 0.2) is 18.2 Å². The van der Waals surface area contributed by atoms with E-state index in [-0.39, 0.29) is 29.5 Å². The third kappa shape index (κ3) is 12.2. The van der Waals surface area contributed by atoms with Gasteiger partial charge < -0.3 is 39.8 Å². The normalized spacial score (nSPS) is 18.2. The quantitative estimate of drug-likeness (QED) is 0.211. The average Bonchev–Trinajstić information content (AvgIpc) is 2.85. The van der Waals surface area contributed by atoms with Gasteiger partial charge in [0, 0.05) is 37.4 Å². The largest absolute Gasteiger partial charge is 0.495 e. The van der Waals surface area contributed by atoms with Gasteiger partial charge in [-0.25, -0.2) is 9.59 Å². The van der Waals surface area contributed by atoms with Gasteiger partial charge in [-0.15, -0.1) is 0 Å². The Bertz CT molecular complexity index is 1050. The number of likely N-dealkylation sites (N-methyl/N-ethyl adjacent to an activating group) is 1. The van der Waals surface area contributed by atoms with Crippen molar-refractivity contribution in [3.05, 3.63) is 29.3 Å². The van der Waals surface area contributed by atoms with Crippen molar-refractivity contribution in [3.63, 3.8) is 0 Å². The van der Waals surface area contributed by atoms with Gasteiger partial charge in [-0.3, -0.25) is 4.79 Å². The second kappa shape index (κ2) is 15.6. The van der Waals surface area contributed by atoms with Crippen LogP contribution in [0.3, 0.4) is 0 Å².